The maximum Gasteiger partial charge on any atom is 0.206 e. The number of ether oxygens (including phenoxy) is 3. The molecule has 1 fully saturated rings. The fourth-order valence-corrected chi connectivity index (χ4v) is 4.46. The van der Waals surface area contributed by atoms with E-state index in [4.69, 9.17) is 24.3 Å². The van der Waals surface area contributed by atoms with Crippen molar-refractivity contribution in [3.8, 4) is 28.5 Å². The summed E-state index contributed by atoms with van der Waals surface area (Å²) in [4.78, 5) is 5.60. The molecule has 1 aliphatic rings. The van der Waals surface area contributed by atoms with Crippen molar-refractivity contribution in [1.29, 1.82) is 0 Å². The van der Waals surface area contributed by atoms with Crippen LogP contribution in [0, 0.1) is 5.92 Å². The molecular weight excluding hydrogens is 398 g/mol. The van der Waals surface area contributed by atoms with Gasteiger partial charge in [-0.2, -0.15) is 5.10 Å². The molecule has 1 aromatic carbocycles. The lowest BCUT2D eigenvalue weighted by Gasteiger charge is -2.19. The molecule has 1 aromatic heterocycles. The number of methoxy groups -OCH3 is 3. The van der Waals surface area contributed by atoms with Crippen molar-refractivity contribution in [3.05, 3.63) is 34.5 Å². The van der Waals surface area contributed by atoms with Crippen molar-refractivity contribution in [2.24, 2.45) is 16.0 Å². The van der Waals surface area contributed by atoms with Gasteiger partial charge in [-0.3, -0.25) is 4.99 Å². The summed E-state index contributed by atoms with van der Waals surface area (Å²) in [5.41, 5.74) is 4.12. The molecule has 0 aliphatic heterocycles. The third-order valence-corrected chi connectivity index (χ3v) is 5.97. The summed E-state index contributed by atoms with van der Waals surface area (Å²) in [5, 5.41) is 7.12. The molecule has 0 spiro atoms. The zero-order valence-corrected chi connectivity index (χ0v) is 19.3. The first kappa shape index (κ1) is 22.2. The Morgan fingerprint density at radius 1 is 1.20 bits per heavy atom. The first-order valence-corrected chi connectivity index (χ1v) is 11.1. The summed E-state index contributed by atoms with van der Waals surface area (Å²) in [7, 11) is 4.86. The summed E-state index contributed by atoms with van der Waals surface area (Å²) < 4.78 is 18.5. The third kappa shape index (κ3) is 4.95. The van der Waals surface area contributed by atoms with Crippen molar-refractivity contribution in [2.75, 3.05) is 27.9 Å². The minimum absolute atomic E-state index is 0.574. The van der Waals surface area contributed by atoms with Gasteiger partial charge in [0.1, 0.15) is 0 Å². The van der Waals surface area contributed by atoms with Crippen LogP contribution in [0.1, 0.15) is 39.5 Å². The highest BCUT2D eigenvalue weighted by molar-refractivity contribution is 7.07. The highest BCUT2D eigenvalue weighted by atomic mass is 32.1. The number of rotatable bonds is 7. The van der Waals surface area contributed by atoms with E-state index >= 15 is 0 Å². The molecule has 0 amide bonds. The summed E-state index contributed by atoms with van der Waals surface area (Å²) >= 11 is 1.57. The lowest BCUT2D eigenvalue weighted by Crippen LogP contribution is -2.19. The van der Waals surface area contributed by atoms with Gasteiger partial charge in [0.15, 0.2) is 11.5 Å². The van der Waals surface area contributed by atoms with E-state index in [2.05, 4.69) is 18.9 Å². The molecule has 2 aromatic rings. The molecule has 1 unspecified atom stereocenters. The standard InChI is InChI=1S/C23H31N3O3S/c1-15(2)13-24-23-26(25-18-9-7-8-16(3)10-18)19(14-30-23)17-11-20(27-4)22(29-6)21(12-17)28-5/h11-12,14,16H,1,7-10,13H2,2-6H3. The molecule has 162 valence electrons. The molecule has 0 bridgehead atoms. The molecule has 3 rings (SSSR count). The van der Waals surface area contributed by atoms with Gasteiger partial charge in [-0.25, -0.2) is 4.68 Å². The summed E-state index contributed by atoms with van der Waals surface area (Å²) in [6.45, 7) is 8.83. The molecular formula is C23H31N3O3S. The summed E-state index contributed by atoms with van der Waals surface area (Å²) in [6, 6.07) is 3.90. The number of benzene rings is 1. The lowest BCUT2D eigenvalue weighted by molar-refractivity contribution is 0.324. The Kier molecular flexibility index (Phi) is 7.37. The Bertz CT molecular complexity index is 978. The van der Waals surface area contributed by atoms with Crippen LogP contribution in [0.2, 0.25) is 0 Å². The van der Waals surface area contributed by atoms with Gasteiger partial charge >= 0.3 is 0 Å². The van der Waals surface area contributed by atoms with Crippen LogP contribution in [0.5, 0.6) is 17.2 Å². The van der Waals surface area contributed by atoms with Crippen molar-refractivity contribution in [1.82, 2.24) is 4.68 Å². The highest BCUT2D eigenvalue weighted by Crippen LogP contribution is 2.41. The first-order valence-electron chi connectivity index (χ1n) is 10.2. The van der Waals surface area contributed by atoms with Gasteiger partial charge in [0.2, 0.25) is 10.6 Å². The van der Waals surface area contributed by atoms with Crippen LogP contribution >= 0.6 is 11.3 Å². The number of nitrogens with zero attached hydrogens (tertiary/aromatic N) is 3. The van der Waals surface area contributed by atoms with E-state index in [9.17, 15) is 0 Å². The highest BCUT2D eigenvalue weighted by Gasteiger charge is 2.19. The molecule has 1 atom stereocenters. The topological polar surface area (TPSA) is 57.3 Å². The van der Waals surface area contributed by atoms with E-state index in [1.807, 2.05) is 23.7 Å². The zero-order chi connectivity index (χ0) is 21.7. The molecule has 1 aliphatic carbocycles. The Labute approximate surface area is 182 Å². The van der Waals surface area contributed by atoms with E-state index in [-0.39, 0.29) is 0 Å². The molecule has 1 heterocycles. The second-order valence-corrected chi connectivity index (χ2v) is 8.61. The smallest absolute Gasteiger partial charge is 0.206 e. The van der Waals surface area contributed by atoms with Crippen molar-refractivity contribution in [2.45, 2.75) is 39.5 Å². The summed E-state index contributed by atoms with van der Waals surface area (Å²) in [6.07, 6.45) is 4.50. The maximum absolute atomic E-state index is 5.55. The minimum Gasteiger partial charge on any atom is -0.493 e. The fourth-order valence-electron chi connectivity index (χ4n) is 3.63. The second kappa shape index (κ2) is 9.98. The predicted molar refractivity (Wildman–Crippen MR) is 123 cm³/mol. The average Bonchev–Trinajstić information content (AvgIpc) is 3.13. The Balaban J connectivity index is 2.17. The largest absolute Gasteiger partial charge is 0.493 e. The van der Waals surface area contributed by atoms with Gasteiger partial charge < -0.3 is 14.2 Å². The van der Waals surface area contributed by atoms with Crippen LogP contribution in [0.25, 0.3) is 11.3 Å². The van der Waals surface area contributed by atoms with E-state index in [1.165, 1.54) is 18.6 Å². The van der Waals surface area contributed by atoms with Gasteiger partial charge in [-0.05, 0) is 50.7 Å². The molecule has 6 nitrogen and oxygen atoms in total. The lowest BCUT2D eigenvalue weighted by atomic mass is 9.89. The molecule has 0 saturated heterocycles. The van der Waals surface area contributed by atoms with Crippen LogP contribution in [-0.4, -0.2) is 38.3 Å². The molecule has 1 saturated carbocycles. The maximum atomic E-state index is 5.55. The number of thiazole rings is 1. The molecule has 0 N–H and O–H groups in total. The fraction of sp³-hybridized carbons (Fsp3) is 0.478. The zero-order valence-electron chi connectivity index (χ0n) is 18.5. The van der Waals surface area contributed by atoms with Crippen LogP contribution in [0.3, 0.4) is 0 Å². The third-order valence-electron chi connectivity index (χ3n) is 5.12. The van der Waals surface area contributed by atoms with Gasteiger partial charge in [-0.15, -0.1) is 11.3 Å². The monoisotopic (exact) mass is 429 g/mol. The van der Waals surface area contributed by atoms with Gasteiger partial charge in [0.25, 0.3) is 0 Å². The minimum atomic E-state index is 0.574. The first-order chi connectivity index (χ1) is 14.5. The van der Waals surface area contributed by atoms with E-state index < -0.39 is 0 Å². The Morgan fingerprint density at radius 2 is 1.90 bits per heavy atom. The van der Waals surface area contributed by atoms with E-state index in [0.29, 0.717) is 29.7 Å². The van der Waals surface area contributed by atoms with Crippen molar-refractivity contribution < 1.29 is 14.2 Å². The van der Waals surface area contributed by atoms with E-state index in [1.54, 1.807) is 32.7 Å². The van der Waals surface area contributed by atoms with Gasteiger partial charge in [0, 0.05) is 16.7 Å². The number of hydrogen-bond donors (Lipinski definition) is 0. The van der Waals surface area contributed by atoms with Crippen molar-refractivity contribution in [3.63, 3.8) is 0 Å². The number of hydrogen-bond acceptors (Lipinski definition) is 6. The SMILES string of the molecule is C=C(C)CN=c1scc(-c2cc(OC)c(OC)c(OC)c2)n1N=C1CCCC(C)C1. The van der Waals surface area contributed by atoms with Gasteiger partial charge in [0.05, 0.1) is 33.6 Å². The van der Waals surface area contributed by atoms with E-state index in [0.717, 1.165) is 34.5 Å². The van der Waals surface area contributed by atoms with Crippen LogP contribution in [-0.2, 0) is 0 Å². The second-order valence-electron chi connectivity index (χ2n) is 7.77. The quantitative estimate of drug-likeness (QED) is 0.573. The molecule has 7 heteroatoms. The van der Waals surface area contributed by atoms with Crippen LogP contribution in [0.4, 0.5) is 0 Å². The van der Waals surface area contributed by atoms with Crippen LogP contribution < -0.4 is 19.0 Å². The summed E-state index contributed by atoms with van der Waals surface area (Å²) in [5.74, 6) is 2.47. The van der Waals surface area contributed by atoms with Gasteiger partial charge in [-0.1, -0.05) is 19.1 Å². The average molecular weight is 430 g/mol. The molecule has 30 heavy (non-hydrogen) atoms. The number of aromatic nitrogens is 1. The molecule has 0 radical (unpaired) electrons. The predicted octanol–water partition coefficient (Wildman–Crippen LogP) is 5.13. The van der Waals surface area contributed by atoms with Crippen molar-refractivity contribution >= 4 is 17.0 Å². The van der Waals surface area contributed by atoms with Crippen LogP contribution in [0.15, 0.2) is 39.8 Å². The normalized spacial score (nSPS) is 18.5. The Hall–Kier alpha value is -2.54. The Morgan fingerprint density at radius 3 is 2.47 bits per heavy atom.